The van der Waals surface area contributed by atoms with Gasteiger partial charge in [-0.2, -0.15) is 18.2 Å². The van der Waals surface area contributed by atoms with E-state index in [1.165, 1.54) is 18.2 Å². The Morgan fingerprint density at radius 3 is 2.28 bits per heavy atom. The summed E-state index contributed by atoms with van der Waals surface area (Å²) >= 11 is 3.36. The lowest BCUT2D eigenvalue weighted by Crippen LogP contribution is -2.41. The van der Waals surface area contributed by atoms with Crippen LogP contribution in [-0.4, -0.2) is 44.6 Å². The van der Waals surface area contributed by atoms with Crippen LogP contribution in [0.1, 0.15) is 43.1 Å². The minimum absolute atomic E-state index is 0.0136. The molecule has 3 aromatic rings. The first-order valence-corrected chi connectivity index (χ1v) is 21.7. The van der Waals surface area contributed by atoms with Crippen LogP contribution in [0, 0.1) is 5.82 Å². The van der Waals surface area contributed by atoms with E-state index in [0.717, 1.165) is 18.2 Å². The number of amides is 1. The summed E-state index contributed by atoms with van der Waals surface area (Å²) in [5, 5.41) is 0.0136. The molecule has 1 amide bonds. The van der Waals surface area contributed by atoms with Crippen molar-refractivity contribution in [3.8, 4) is 0 Å². The maximum atomic E-state index is 15.6. The molecule has 0 spiro atoms. The minimum atomic E-state index is -4.62. The number of hydrogen-bond donors (Lipinski definition) is 0. The van der Waals surface area contributed by atoms with Crippen molar-refractivity contribution in [3.63, 3.8) is 0 Å². The van der Waals surface area contributed by atoms with Gasteiger partial charge in [-0.3, -0.25) is 9.36 Å². The molecular weight excluding hydrogens is 662 g/mol. The molecule has 0 aliphatic heterocycles. The second-order valence-corrected chi connectivity index (χ2v) is 24.8. The fraction of sp³-hybridized carbons (Fsp3) is 0.533. The number of halogens is 5. The van der Waals surface area contributed by atoms with Gasteiger partial charge >= 0.3 is 6.18 Å². The van der Waals surface area contributed by atoms with Gasteiger partial charge < -0.3 is 13.7 Å². The van der Waals surface area contributed by atoms with Crippen molar-refractivity contribution in [1.82, 2.24) is 9.13 Å². The van der Waals surface area contributed by atoms with Gasteiger partial charge in [-0.05, 0) is 60.9 Å². The largest absolute Gasteiger partial charge is 0.417 e. The molecule has 43 heavy (non-hydrogen) atoms. The van der Waals surface area contributed by atoms with Crippen LogP contribution >= 0.6 is 15.9 Å². The lowest BCUT2D eigenvalue weighted by molar-refractivity contribution is -0.137. The van der Waals surface area contributed by atoms with E-state index in [9.17, 15) is 18.0 Å². The number of carbonyl (C=O) groups is 1. The van der Waals surface area contributed by atoms with Gasteiger partial charge in [-0.1, -0.05) is 62.4 Å². The fourth-order valence-electron chi connectivity index (χ4n) is 4.12. The van der Waals surface area contributed by atoms with Gasteiger partial charge in [-0.15, -0.1) is 0 Å². The van der Waals surface area contributed by atoms with E-state index in [0.29, 0.717) is 29.6 Å². The lowest BCUT2D eigenvalue weighted by Gasteiger charge is -2.36. The number of carbonyl (C=O) groups excluding carboxylic acids is 1. The first kappa shape index (κ1) is 35.4. The minimum Gasteiger partial charge on any atom is -0.417 e. The van der Waals surface area contributed by atoms with Crippen LogP contribution in [0.2, 0.25) is 43.8 Å². The highest BCUT2D eigenvalue weighted by atomic mass is 79.9. The molecule has 0 bridgehead atoms. The smallest absolute Gasteiger partial charge is 0.416 e. The number of alkyl halides is 3. The maximum Gasteiger partial charge on any atom is 0.416 e. The van der Waals surface area contributed by atoms with Crippen molar-refractivity contribution in [1.29, 1.82) is 0 Å². The summed E-state index contributed by atoms with van der Waals surface area (Å²) in [4.78, 5) is 17.6. The Morgan fingerprint density at radius 1 is 1.00 bits per heavy atom. The molecule has 238 valence electrons. The van der Waals surface area contributed by atoms with Gasteiger partial charge in [0, 0.05) is 37.9 Å². The highest BCUT2D eigenvalue weighted by Crippen LogP contribution is 2.36. The molecule has 13 heteroatoms. The summed E-state index contributed by atoms with van der Waals surface area (Å²) in [6, 6.07) is 8.07. The molecule has 0 N–H and O–H groups in total. The number of aryl methyl sites for hydroxylation is 1. The molecule has 0 aliphatic carbocycles. The monoisotopic (exact) mass is 703 g/mol. The Hall–Kier alpha value is -2.07. The van der Waals surface area contributed by atoms with Crippen molar-refractivity contribution >= 4 is 49.3 Å². The van der Waals surface area contributed by atoms with Gasteiger partial charge in [0.2, 0.25) is 5.62 Å². The third-order valence-corrected chi connectivity index (χ3v) is 14.4. The van der Waals surface area contributed by atoms with Crippen molar-refractivity contribution in [2.75, 3.05) is 13.2 Å². The van der Waals surface area contributed by atoms with Crippen LogP contribution in [0.15, 0.2) is 45.9 Å². The molecule has 0 saturated carbocycles. The molecule has 2 aromatic carbocycles. The fourth-order valence-corrected chi connectivity index (χ4v) is 6.39. The highest BCUT2D eigenvalue weighted by molar-refractivity contribution is 9.10. The molecular formula is C30H42BrF4N3O3Si2. The average Bonchev–Trinajstić information content (AvgIpc) is 3.14. The molecule has 1 aromatic heterocycles. The van der Waals surface area contributed by atoms with E-state index < -0.39 is 39.9 Å². The van der Waals surface area contributed by atoms with Crippen LogP contribution in [0.4, 0.5) is 17.6 Å². The van der Waals surface area contributed by atoms with E-state index in [-0.39, 0.29) is 35.0 Å². The van der Waals surface area contributed by atoms with Gasteiger partial charge in [0.05, 0.1) is 11.1 Å². The normalized spacial score (nSPS) is 13.7. The number of rotatable bonds is 11. The second kappa shape index (κ2) is 13.5. The predicted octanol–water partition coefficient (Wildman–Crippen LogP) is 8.83. The van der Waals surface area contributed by atoms with Crippen molar-refractivity contribution in [3.05, 3.63) is 63.4 Å². The third-order valence-electron chi connectivity index (χ3n) is 7.70. The summed E-state index contributed by atoms with van der Waals surface area (Å²) in [5.41, 5.74) is -0.411. The van der Waals surface area contributed by atoms with Crippen LogP contribution in [-0.2, 0) is 28.6 Å². The quantitative estimate of drug-likeness (QED) is 0.114. The predicted molar refractivity (Wildman–Crippen MR) is 171 cm³/mol. The lowest BCUT2D eigenvalue weighted by atomic mass is 10.1. The summed E-state index contributed by atoms with van der Waals surface area (Å²) < 4.78 is 71.7. The van der Waals surface area contributed by atoms with Crippen LogP contribution in [0.5, 0.6) is 0 Å². The van der Waals surface area contributed by atoms with Gasteiger partial charge in [-0.25, -0.2) is 4.39 Å². The SMILES string of the molecule is CC(C)(C)[Si](C)(C)OCCCn1c(=NC(=O)c2cccc(C(F)(F)F)c2)n(COCC[Si](C)(C)C)c2cc(Br)cc(F)c21. The molecule has 0 unspecified atom stereocenters. The van der Waals surface area contributed by atoms with Gasteiger partial charge in [0.1, 0.15) is 18.1 Å². The highest BCUT2D eigenvalue weighted by Gasteiger charge is 2.37. The molecule has 1 heterocycles. The molecule has 6 nitrogen and oxygen atoms in total. The van der Waals surface area contributed by atoms with E-state index >= 15 is 4.39 Å². The molecule has 0 saturated heterocycles. The Labute approximate surface area is 261 Å². The summed E-state index contributed by atoms with van der Waals surface area (Å²) in [6.07, 6.45) is -4.11. The number of fused-ring (bicyclic) bond motifs is 1. The van der Waals surface area contributed by atoms with Gasteiger partial charge in [0.25, 0.3) is 5.91 Å². The van der Waals surface area contributed by atoms with Crippen LogP contribution < -0.4 is 5.62 Å². The number of aromatic nitrogens is 2. The zero-order valence-electron chi connectivity index (χ0n) is 26.2. The number of benzene rings is 2. The Bertz CT molecular complexity index is 1520. The topological polar surface area (TPSA) is 57.8 Å². The van der Waals surface area contributed by atoms with E-state index in [1.54, 1.807) is 15.2 Å². The summed E-state index contributed by atoms with van der Waals surface area (Å²) in [6.45, 7) is 18.5. The molecule has 3 rings (SSSR count). The number of imidazole rings is 1. The number of nitrogens with zero attached hydrogens (tertiary/aromatic N) is 3. The standard InChI is InChI=1S/C30H42BrF4N3O3Si2/c1-29(2,3)43(7,8)41-14-10-13-37-26-24(32)18-23(31)19-25(26)38(20-40-15-16-42(4,5)6)28(37)36-27(39)21-11-9-12-22(17-21)30(33,34)35/h9,11-12,17-19H,10,13-16,20H2,1-8H3. The van der Waals surface area contributed by atoms with Crippen molar-refractivity contribution < 1.29 is 31.5 Å². The Kier molecular flexibility index (Phi) is 11.1. The van der Waals surface area contributed by atoms with Crippen molar-refractivity contribution in [2.45, 2.75) is 90.5 Å². The van der Waals surface area contributed by atoms with E-state index in [1.807, 2.05) is 0 Å². The number of hydrogen-bond acceptors (Lipinski definition) is 3. The van der Waals surface area contributed by atoms with Gasteiger partial charge in [0.15, 0.2) is 8.32 Å². The summed E-state index contributed by atoms with van der Waals surface area (Å²) in [7, 11) is -3.44. The number of ether oxygens (including phenoxy) is 1. The van der Waals surface area contributed by atoms with Crippen molar-refractivity contribution in [2.24, 2.45) is 4.99 Å². The van der Waals surface area contributed by atoms with Crippen LogP contribution in [0.25, 0.3) is 11.0 Å². The molecule has 0 aliphatic rings. The zero-order chi connectivity index (χ0) is 32.4. The Morgan fingerprint density at radius 2 is 1.67 bits per heavy atom. The average molecular weight is 705 g/mol. The zero-order valence-corrected chi connectivity index (χ0v) is 29.7. The van der Waals surface area contributed by atoms with Crippen LogP contribution in [0.3, 0.4) is 0 Å². The third kappa shape index (κ3) is 9.22. The molecule has 0 radical (unpaired) electrons. The maximum absolute atomic E-state index is 15.6. The van der Waals surface area contributed by atoms with E-state index in [4.69, 9.17) is 9.16 Å². The first-order chi connectivity index (χ1) is 19.7. The summed E-state index contributed by atoms with van der Waals surface area (Å²) in [5.74, 6) is -1.40. The first-order valence-electron chi connectivity index (χ1n) is 14.3. The molecule has 0 fully saturated rings. The van der Waals surface area contributed by atoms with E-state index in [2.05, 4.69) is 74.4 Å². The Balaban J connectivity index is 2.12. The molecule has 0 atom stereocenters. The second-order valence-electron chi connectivity index (χ2n) is 13.4.